The summed E-state index contributed by atoms with van der Waals surface area (Å²) in [5.41, 5.74) is 9.85. The van der Waals surface area contributed by atoms with Crippen LogP contribution in [0, 0.1) is 11.3 Å². The van der Waals surface area contributed by atoms with Gasteiger partial charge in [-0.1, -0.05) is 89.2 Å². The highest BCUT2D eigenvalue weighted by molar-refractivity contribution is 7.28. The first-order valence-corrected chi connectivity index (χ1v) is 22.5. The van der Waals surface area contributed by atoms with E-state index in [1.807, 2.05) is 45.3 Å². The van der Waals surface area contributed by atoms with Gasteiger partial charge in [-0.15, -0.1) is 45.3 Å². The largest absolute Gasteiger partial charge is 0.244 e. The van der Waals surface area contributed by atoms with E-state index in [0.717, 1.165) is 0 Å². The van der Waals surface area contributed by atoms with E-state index in [4.69, 9.17) is 0 Å². The summed E-state index contributed by atoms with van der Waals surface area (Å²) in [5.74, 6) is 0. The van der Waals surface area contributed by atoms with Crippen LogP contribution >= 0.6 is 45.3 Å². The molecule has 0 saturated carbocycles. The van der Waals surface area contributed by atoms with Gasteiger partial charge in [-0.25, -0.2) is 0 Å². The first-order chi connectivity index (χ1) is 28.2. The van der Waals surface area contributed by atoms with E-state index in [-0.39, 0.29) is 6.71 Å². The molecule has 2 aliphatic rings. The minimum Gasteiger partial charge on any atom is -0.192 e. The maximum atomic E-state index is 10.9. The number of benzene rings is 9. The lowest BCUT2D eigenvalue weighted by atomic mass is 9.31. The second-order valence-electron chi connectivity index (χ2n) is 15.7. The second-order valence-corrected chi connectivity index (χ2v) is 20.0. The number of thiophene rings is 4. The summed E-state index contributed by atoms with van der Waals surface area (Å²) in [6, 6.07) is 53.0. The molecule has 0 amide bonds. The van der Waals surface area contributed by atoms with Gasteiger partial charge in [0.1, 0.15) is 0 Å². The molecule has 9 aromatic carbocycles. The maximum Gasteiger partial charge on any atom is 0.244 e. The molecule has 6 heterocycles. The Morgan fingerprint density at radius 1 is 0.368 bits per heavy atom. The lowest BCUT2D eigenvalue weighted by Gasteiger charge is -2.35. The minimum atomic E-state index is 0.00154. The molecule has 0 atom stereocenters. The highest BCUT2D eigenvalue weighted by Gasteiger charge is 2.42. The van der Waals surface area contributed by atoms with Crippen molar-refractivity contribution in [1.82, 2.24) is 0 Å². The van der Waals surface area contributed by atoms with Crippen LogP contribution in [0.15, 0.2) is 133 Å². The molecule has 57 heavy (non-hydrogen) atoms. The average molecular weight is 788 g/mol. The molecule has 4 aromatic heterocycles. The van der Waals surface area contributed by atoms with Crippen LogP contribution in [0.4, 0.5) is 0 Å². The quantitative estimate of drug-likeness (QED) is 0.140. The molecular formula is C51H22BNS4. The third-order valence-electron chi connectivity index (χ3n) is 13.0. The van der Waals surface area contributed by atoms with Crippen LogP contribution in [0.2, 0.25) is 0 Å². The molecule has 2 aliphatic heterocycles. The molecule has 1 nitrogen and oxygen atoms in total. The smallest absolute Gasteiger partial charge is 0.192 e. The summed E-state index contributed by atoms with van der Waals surface area (Å²) in [6.45, 7) is 0.00154. The number of nitriles is 1. The molecule has 13 aromatic rings. The van der Waals surface area contributed by atoms with Crippen LogP contribution in [0.3, 0.4) is 0 Å². The Bertz CT molecular complexity index is 3870. The van der Waals surface area contributed by atoms with Gasteiger partial charge in [0.05, 0.1) is 11.6 Å². The van der Waals surface area contributed by atoms with Crippen LogP contribution in [-0.2, 0) is 0 Å². The number of hydrogen-bond acceptors (Lipinski definition) is 5. The Morgan fingerprint density at radius 3 is 1.14 bits per heavy atom. The fraction of sp³-hybridized carbons (Fsp3) is 0. The van der Waals surface area contributed by atoms with E-state index >= 15 is 0 Å². The predicted molar refractivity (Wildman–Crippen MR) is 253 cm³/mol. The highest BCUT2D eigenvalue weighted by Crippen LogP contribution is 2.53. The molecule has 0 radical (unpaired) electrons. The van der Waals surface area contributed by atoms with Crippen LogP contribution in [0.25, 0.3) is 124 Å². The van der Waals surface area contributed by atoms with Crippen LogP contribution in [0.1, 0.15) is 5.56 Å². The zero-order chi connectivity index (χ0) is 36.8. The predicted octanol–water partition coefficient (Wildman–Crippen LogP) is 13.8. The van der Waals surface area contributed by atoms with E-state index in [1.165, 1.54) is 141 Å². The Morgan fingerprint density at radius 2 is 0.737 bits per heavy atom. The van der Waals surface area contributed by atoms with E-state index in [1.54, 1.807) is 0 Å². The molecule has 258 valence electrons. The molecule has 15 rings (SSSR count). The van der Waals surface area contributed by atoms with Crippen molar-refractivity contribution in [3.63, 3.8) is 0 Å². The SMILES string of the molecule is N#Cc1cc2c3c(c1)-c1c4c(cc5sc6ccccc6c5c4cc4sc5ccccc5c14)B3c1cc3sc4ccccc4c3c3cc4sc5ccccc5c4c-2c13. The van der Waals surface area contributed by atoms with Gasteiger partial charge in [-0.2, -0.15) is 5.26 Å². The van der Waals surface area contributed by atoms with Crippen molar-refractivity contribution in [2.75, 3.05) is 0 Å². The Labute approximate surface area is 340 Å². The van der Waals surface area contributed by atoms with Crippen molar-refractivity contribution >= 4 is 171 Å². The van der Waals surface area contributed by atoms with Gasteiger partial charge < -0.3 is 0 Å². The zero-order valence-corrected chi connectivity index (χ0v) is 33.1. The van der Waals surface area contributed by atoms with Gasteiger partial charge in [-0.05, 0) is 104 Å². The number of hydrogen-bond donors (Lipinski definition) is 0. The normalized spacial score (nSPS) is 13.2. The molecule has 0 unspecified atom stereocenters. The monoisotopic (exact) mass is 787 g/mol. The van der Waals surface area contributed by atoms with Gasteiger partial charge in [0.25, 0.3) is 0 Å². The first kappa shape index (κ1) is 30.1. The molecule has 0 fully saturated rings. The Kier molecular flexibility index (Phi) is 5.42. The topological polar surface area (TPSA) is 23.8 Å². The van der Waals surface area contributed by atoms with E-state index in [9.17, 15) is 5.26 Å². The van der Waals surface area contributed by atoms with Crippen molar-refractivity contribution in [3.8, 4) is 28.3 Å². The minimum absolute atomic E-state index is 0.00154. The van der Waals surface area contributed by atoms with Crippen molar-refractivity contribution in [2.24, 2.45) is 0 Å². The summed E-state index contributed by atoms with van der Waals surface area (Å²) < 4.78 is 10.5. The lowest BCUT2D eigenvalue weighted by molar-refractivity contribution is 1.49. The zero-order valence-electron chi connectivity index (χ0n) is 29.9. The summed E-state index contributed by atoms with van der Waals surface area (Å²) in [4.78, 5) is 0. The molecule has 6 heteroatoms. The number of nitrogens with zero attached hydrogens (tertiary/aromatic N) is 1. The first-order valence-electron chi connectivity index (χ1n) is 19.2. The van der Waals surface area contributed by atoms with E-state index in [2.05, 4.69) is 140 Å². The maximum absolute atomic E-state index is 10.9. The average Bonchev–Trinajstić information content (AvgIpc) is 4.01. The molecule has 0 aliphatic carbocycles. The van der Waals surface area contributed by atoms with Crippen molar-refractivity contribution < 1.29 is 0 Å². The summed E-state index contributed by atoms with van der Waals surface area (Å²) in [7, 11) is 0. The standard InChI is InChI=1S/C51H22BNS4/c53-23-24-17-31-49-45-29(19-39-47(49)27-11-3-7-15-37(27)54-39)43-25-9-1-5-13-35(25)56-41(43)21-33(45)52-34-22-42-44(26-10-2-6-14-36(26)57-42)30-20-40-48(28-12-4-8-16-38(28)55-40)50(46(30)34)32(18-24)51(31)52/h1-22H. The molecule has 0 spiro atoms. The highest BCUT2D eigenvalue weighted by atomic mass is 32.1. The van der Waals surface area contributed by atoms with Gasteiger partial charge in [0, 0.05) is 80.7 Å². The molecule has 0 bridgehead atoms. The molecule has 0 N–H and O–H groups in total. The van der Waals surface area contributed by atoms with Gasteiger partial charge in [-0.3, -0.25) is 0 Å². The lowest BCUT2D eigenvalue weighted by Crippen LogP contribution is -2.57. The summed E-state index contributed by atoms with van der Waals surface area (Å²) in [5, 5.41) is 26.8. The number of fused-ring (bicyclic) bond motifs is 20. The third kappa shape index (κ3) is 3.54. The Hall–Kier alpha value is -6.07. The van der Waals surface area contributed by atoms with E-state index in [0.29, 0.717) is 5.56 Å². The van der Waals surface area contributed by atoms with Gasteiger partial charge >= 0.3 is 0 Å². The summed E-state index contributed by atoms with van der Waals surface area (Å²) in [6.07, 6.45) is 0. The van der Waals surface area contributed by atoms with Crippen molar-refractivity contribution in [2.45, 2.75) is 0 Å². The second kappa shape index (κ2) is 10.3. The van der Waals surface area contributed by atoms with Crippen LogP contribution < -0.4 is 16.4 Å². The Balaban J connectivity index is 1.25. The fourth-order valence-corrected chi connectivity index (χ4v) is 15.6. The molecular weight excluding hydrogens is 766 g/mol. The van der Waals surface area contributed by atoms with E-state index < -0.39 is 0 Å². The van der Waals surface area contributed by atoms with Gasteiger partial charge in [0.15, 0.2) is 0 Å². The third-order valence-corrected chi connectivity index (χ3v) is 17.5. The van der Waals surface area contributed by atoms with Crippen LogP contribution in [-0.4, -0.2) is 6.71 Å². The number of rotatable bonds is 0. The van der Waals surface area contributed by atoms with Crippen molar-refractivity contribution in [3.05, 3.63) is 139 Å². The van der Waals surface area contributed by atoms with Gasteiger partial charge in [0.2, 0.25) is 6.71 Å². The van der Waals surface area contributed by atoms with Crippen LogP contribution in [0.5, 0.6) is 0 Å². The molecule has 0 saturated heterocycles. The summed E-state index contributed by atoms with van der Waals surface area (Å²) >= 11 is 7.63. The van der Waals surface area contributed by atoms with Crippen molar-refractivity contribution in [1.29, 1.82) is 5.26 Å². The fourth-order valence-electron chi connectivity index (χ4n) is 11.0.